The van der Waals surface area contributed by atoms with Gasteiger partial charge >= 0.3 is 0 Å². The van der Waals surface area contributed by atoms with E-state index < -0.39 is 0 Å². The molecule has 0 aliphatic carbocycles. The van der Waals surface area contributed by atoms with E-state index in [-0.39, 0.29) is 24.4 Å². The summed E-state index contributed by atoms with van der Waals surface area (Å²) in [5.74, 6) is 1.37. The first-order valence-electron chi connectivity index (χ1n) is 8.79. The number of benzene rings is 1. The maximum atomic E-state index is 12.3. The van der Waals surface area contributed by atoms with Crippen LogP contribution in [0.1, 0.15) is 47.8 Å². The molecule has 1 atom stereocenters. The second kappa shape index (κ2) is 7.99. The molecule has 0 saturated carbocycles. The van der Waals surface area contributed by atoms with Gasteiger partial charge in [0.05, 0.1) is 24.8 Å². The van der Waals surface area contributed by atoms with Crippen molar-refractivity contribution < 1.29 is 14.3 Å². The van der Waals surface area contributed by atoms with E-state index in [2.05, 4.69) is 20.7 Å². The molecule has 2 N–H and O–H groups in total. The Bertz CT molecular complexity index is 802. The number of rotatable bonds is 6. The van der Waals surface area contributed by atoms with Crippen LogP contribution >= 0.6 is 0 Å². The molecule has 2 aromatic rings. The Balaban J connectivity index is 1.57. The monoisotopic (exact) mass is 357 g/mol. The minimum Gasteiger partial charge on any atom is -0.493 e. The van der Waals surface area contributed by atoms with Crippen molar-refractivity contribution in [2.24, 2.45) is 0 Å². The zero-order chi connectivity index (χ0) is 18.5. The number of aromatic nitrogens is 3. The van der Waals surface area contributed by atoms with Crippen LogP contribution in [0.3, 0.4) is 0 Å². The number of nitrogens with zero attached hydrogens (tertiary/aromatic N) is 3. The number of para-hydroxylation sites is 1. The van der Waals surface area contributed by atoms with E-state index in [1.54, 1.807) is 24.3 Å². The minimum atomic E-state index is -0.341. The van der Waals surface area contributed by atoms with E-state index in [1.165, 1.54) is 0 Å². The molecular formula is C18H23N5O3. The molecule has 3 rings (SSSR count). The lowest BCUT2D eigenvalue weighted by molar-refractivity contribution is -0.121. The first-order valence-corrected chi connectivity index (χ1v) is 8.79. The molecule has 0 fully saturated rings. The van der Waals surface area contributed by atoms with Gasteiger partial charge in [-0.05, 0) is 38.8 Å². The zero-order valence-electron chi connectivity index (χ0n) is 15.0. The van der Waals surface area contributed by atoms with Gasteiger partial charge in [-0.1, -0.05) is 12.1 Å². The van der Waals surface area contributed by atoms with E-state index in [0.717, 1.165) is 25.2 Å². The van der Waals surface area contributed by atoms with Crippen LogP contribution in [-0.4, -0.2) is 39.7 Å². The van der Waals surface area contributed by atoms with Crippen molar-refractivity contribution in [2.45, 2.75) is 39.3 Å². The molecule has 1 aliphatic heterocycles. The van der Waals surface area contributed by atoms with E-state index in [4.69, 9.17) is 4.74 Å². The molecule has 8 nitrogen and oxygen atoms in total. The molecule has 0 radical (unpaired) electrons. The number of nitrogens with one attached hydrogen (secondary N) is 2. The summed E-state index contributed by atoms with van der Waals surface area (Å²) in [6.07, 6.45) is 1.74. The predicted octanol–water partition coefficient (Wildman–Crippen LogP) is 1.37. The lowest BCUT2D eigenvalue weighted by Crippen LogP contribution is -2.40. The van der Waals surface area contributed by atoms with Gasteiger partial charge < -0.3 is 15.4 Å². The summed E-state index contributed by atoms with van der Waals surface area (Å²) in [5.41, 5.74) is 0.412. The number of fused-ring (bicyclic) bond motifs is 1. The molecule has 1 aromatic heterocycles. The van der Waals surface area contributed by atoms with E-state index in [9.17, 15) is 9.59 Å². The number of carbonyl (C=O) groups is 2. The van der Waals surface area contributed by atoms with Crippen LogP contribution in [0.25, 0.3) is 0 Å². The Kier molecular flexibility index (Phi) is 5.50. The second-order valence-electron chi connectivity index (χ2n) is 6.11. The zero-order valence-corrected chi connectivity index (χ0v) is 15.0. The summed E-state index contributed by atoms with van der Waals surface area (Å²) in [4.78, 5) is 29.0. The summed E-state index contributed by atoms with van der Waals surface area (Å²) in [5, 5.41) is 9.89. The van der Waals surface area contributed by atoms with Crippen molar-refractivity contribution >= 4 is 11.8 Å². The Morgan fingerprint density at radius 1 is 1.35 bits per heavy atom. The molecule has 1 unspecified atom stereocenters. The van der Waals surface area contributed by atoms with Gasteiger partial charge in [-0.25, -0.2) is 9.67 Å². The molecule has 0 spiro atoms. The van der Waals surface area contributed by atoms with E-state index in [1.807, 2.05) is 18.5 Å². The van der Waals surface area contributed by atoms with E-state index in [0.29, 0.717) is 23.7 Å². The number of ether oxygens (including phenoxy) is 1. The number of amides is 2. The summed E-state index contributed by atoms with van der Waals surface area (Å²) >= 11 is 0. The van der Waals surface area contributed by atoms with Crippen LogP contribution in [0.4, 0.5) is 0 Å². The highest BCUT2D eigenvalue weighted by atomic mass is 16.5. The maximum absolute atomic E-state index is 12.3. The Morgan fingerprint density at radius 2 is 2.15 bits per heavy atom. The standard InChI is InChI=1S/C18H23N5O3/c1-3-26-15-9-5-4-7-13(15)18(25)19-11-16(24)21-14-8-6-10-23-17(14)20-12(2)22-23/h4-5,7,9,14H,3,6,8,10-11H2,1-2H3,(H,19,25)(H,21,24). The first-order chi connectivity index (χ1) is 12.6. The summed E-state index contributed by atoms with van der Waals surface area (Å²) in [6, 6.07) is 6.79. The van der Waals surface area contributed by atoms with Crippen LogP contribution in [0.15, 0.2) is 24.3 Å². The van der Waals surface area contributed by atoms with Crippen molar-refractivity contribution in [3.63, 3.8) is 0 Å². The van der Waals surface area contributed by atoms with Gasteiger partial charge in [0, 0.05) is 6.54 Å². The van der Waals surface area contributed by atoms with Crippen molar-refractivity contribution in [3.8, 4) is 5.75 Å². The number of hydrogen-bond donors (Lipinski definition) is 2. The molecule has 2 amide bonds. The number of aryl methyl sites for hydroxylation is 2. The highest BCUT2D eigenvalue weighted by molar-refractivity contribution is 5.98. The third-order valence-corrected chi connectivity index (χ3v) is 4.16. The van der Waals surface area contributed by atoms with Gasteiger partial charge in [0.1, 0.15) is 17.4 Å². The highest BCUT2D eigenvalue weighted by Crippen LogP contribution is 2.22. The summed E-state index contributed by atoms with van der Waals surface area (Å²) in [6.45, 7) is 4.86. The van der Waals surface area contributed by atoms with Crippen LogP contribution in [-0.2, 0) is 11.3 Å². The molecule has 1 aromatic carbocycles. The molecule has 2 heterocycles. The highest BCUT2D eigenvalue weighted by Gasteiger charge is 2.25. The van der Waals surface area contributed by atoms with Crippen molar-refractivity contribution in [2.75, 3.05) is 13.2 Å². The quantitative estimate of drug-likeness (QED) is 0.814. The third kappa shape index (κ3) is 4.01. The fourth-order valence-corrected chi connectivity index (χ4v) is 3.04. The van der Waals surface area contributed by atoms with Crippen molar-refractivity contribution in [1.82, 2.24) is 25.4 Å². The fraction of sp³-hybridized carbons (Fsp3) is 0.444. The lowest BCUT2D eigenvalue weighted by atomic mass is 10.1. The molecule has 26 heavy (non-hydrogen) atoms. The summed E-state index contributed by atoms with van der Waals surface area (Å²) in [7, 11) is 0. The molecule has 138 valence electrons. The van der Waals surface area contributed by atoms with Gasteiger partial charge in [0.2, 0.25) is 5.91 Å². The largest absolute Gasteiger partial charge is 0.493 e. The van der Waals surface area contributed by atoms with Gasteiger partial charge in [-0.3, -0.25) is 9.59 Å². The van der Waals surface area contributed by atoms with Crippen LogP contribution in [0.5, 0.6) is 5.75 Å². The van der Waals surface area contributed by atoms with E-state index >= 15 is 0 Å². The van der Waals surface area contributed by atoms with Crippen molar-refractivity contribution in [3.05, 3.63) is 41.5 Å². The SMILES string of the molecule is CCOc1ccccc1C(=O)NCC(=O)NC1CCCn2nc(C)nc21. The van der Waals surface area contributed by atoms with Gasteiger partial charge in [0.25, 0.3) is 5.91 Å². The van der Waals surface area contributed by atoms with Gasteiger partial charge in [-0.2, -0.15) is 5.10 Å². The Morgan fingerprint density at radius 3 is 2.96 bits per heavy atom. The lowest BCUT2D eigenvalue weighted by Gasteiger charge is -2.23. The third-order valence-electron chi connectivity index (χ3n) is 4.16. The average molecular weight is 357 g/mol. The molecule has 1 aliphatic rings. The smallest absolute Gasteiger partial charge is 0.255 e. The average Bonchev–Trinajstić information content (AvgIpc) is 3.02. The second-order valence-corrected chi connectivity index (χ2v) is 6.11. The summed E-state index contributed by atoms with van der Waals surface area (Å²) < 4.78 is 7.28. The van der Waals surface area contributed by atoms with Crippen LogP contribution in [0, 0.1) is 6.92 Å². The normalized spacial score (nSPS) is 15.8. The molecule has 8 heteroatoms. The number of carbonyl (C=O) groups excluding carboxylic acids is 2. The Labute approximate surface area is 151 Å². The topological polar surface area (TPSA) is 98.1 Å². The van der Waals surface area contributed by atoms with Crippen LogP contribution in [0.2, 0.25) is 0 Å². The maximum Gasteiger partial charge on any atom is 0.255 e. The first kappa shape index (κ1) is 17.9. The van der Waals surface area contributed by atoms with Gasteiger partial charge in [-0.15, -0.1) is 0 Å². The molecular weight excluding hydrogens is 334 g/mol. The van der Waals surface area contributed by atoms with Gasteiger partial charge in [0.15, 0.2) is 0 Å². The predicted molar refractivity (Wildman–Crippen MR) is 94.8 cm³/mol. The minimum absolute atomic E-state index is 0.108. The van der Waals surface area contributed by atoms with Crippen LogP contribution < -0.4 is 15.4 Å². The van der Waals surface area contributed by atoms with Crippen molar-refractivity contribution in [1.29, 1.82) is 0 Å². The molecule has 0 saturated heterocycles. The number of hydrogen-bond acceptors (Lipinski definition) is 5. The Hall–Kier alpha value is -2.90. The molecule has 0 bridgehead atoms. The fourth-order valence-electron chi connectivity index (χ4n) is 3.04.